The van der Waals surface area contributed by atoms with Gasteiger partial charge in [0.2, 0.25) is 5.91 Å². The first-order valence-corrected chi connectivity index (χ1v) is 9.82. The van der Waals surface area contributed by atoms with Gasteiger partial charge in [0.05, 0.1) is 38.6 Å². The van der Waals surface area contributed by atoms with Crippen LogP contribution in [-0.2, 0) is 14.6 Å². The summed E-state index contributed by atoms with van der Waals surface area (Å²) in [4.78, 5) is 15.9. The molecule has 10 heteroatoms. The highest BCUT2D eigenvalue weighted by atomic mass is 35.5. The number of nitrogen functional groups attached to an aromatic ring is 1. The first kappa shape index (κ1) is 15.9. The lowest BCUT2D eigenvalue weighted by Crippen LogP contribution is -2.41. The first-order chi connectivity index (χ1) is 9.27. The normalized spacial score (nSPS) is 24.7. The van der Waals surface area contributed by atoms with Crippen LogP contribution in [0.3, 0.4) is 0 Å². The van der Waals surface area contributed by atoms with Gasteiger partial charge < -0.3 is 11.1 Å². The molecular formula is C10H14ClN3O3S3. The quantitative estimate of drug-likeness (QED) is 0.607. The number of aromatic nitrogens is 1. The highest BCUT2D eigenvalue weighted by Gasteiger charge is 2.37. The van der Waals surface area contributed by atoms with Crippen LogP contribution in [0.25, 0.3) is 0 Å². The van der Waals surface area contributed by atoms with E-state index >= 15 is 0 Å². The van der Waals surface area contributed by atoms with Crippen LogP contribution in [0.5, 0.6) is 0 Å². The molecule has 0 radical (unpaired) electrons. The van der Waals surface area contributed by atoms with Gasteiger partial charge in [0.15, 0.2) is 15.0 Å². The standard InChI is InChI=1S/C10H14ClN3O3S3/c1-5-9(19-10(12)13-5)18-2-8(15)14-7-4-20(16,17)3-6(7)11/h6-7H,2-4H2,1H3,(H2,12,13)(H,14,15). The Labute approximate surface area is 130 Å². The highest BCUT2D eigenvalue weighted by Crippen LogP contribution is 2.30. The molecule has 2 rings (SSSR count). The number of nitrogens with two attached hydrogens (primary N) is 1. The molecule has 0 saturated carbocycles. The number of alkyl halides is 1. The molecule has 3 N–H and O–H groups in total. The Bertz CT molecular complexity index is 617. The number of anilines is 1. The fourth-order valence-electron chi connectivity index (χ4n) is 1.85. The third kappa shape index (κ3) is 4.00. The summed E-state index contributed by atoms with van der Waals surface area (Å²) >= 11 is 8.59. The molecule has 1 aromatic rings. The molecule has 0 aromatic carbocycles. The van der Waals surface area contributed by atoms with Crippen LogP contribution in [0.15, 0.2) is 4.21 Å². The van der Waals surface area contributed by atoms with E-state index in [1.165, 1.54) is 23.1 Å². The van der Waals surface area contributed by atoms with E-state index in [4.69, 9.17) is 17.3 Å². The van der Waals surface area contributed by atoms with Gasteiger partial charge in [0, 0.05) is 0 Å². The van der Waals surface area contributed by atoms with Crippen molar-refractivity contribution in [2.24, 2.45) is 0 Å². The van der Waals surface area contributed by atoms with E-state index < -0.39 is 21.3 Å². The van der Waals surface area contributed by atoms with Gasteiger partial charge in [-0.05, 0) is 6.92 Å². The minimum Gasteiger partial charge on any atom is -0.375 e. The molecule has 1 aliphatic rings. The van der Waals surface area contributed by atoms with Gasteiger partial charge in [-0.15, -0.1) is 23.4 Å². The molecule has 1 aromatic heterocycles. The number of hydrogen-bond acceptors (Lipinski definition) is 7. The predicted molar refractivity (Wildman–Crippen MR) is 82.2 cm³/mol. The minimum absolute atomic E-state index is 0.0862. The van der Waals surface area contributed by atoms with Crippen LogP contribution >= 0.6 is 34.7 Å². The van der Waals surface area contributed by atoms with Crippen LogP contribution in [0.4, 0.5) is 5.13 Å². The zero-order valence-corrected chi connectivity index (χ0v) is 13.8. The molecular weight excluding hydrogens is 342 g/mol. The smallest absolute Gasteiger partial charge is 0.230 e. The average molecular weight is 356 g/mol. The van der Waals surface area contributed by atoms with Crippen molar-refractivity contribution in [3.05, 3.63) is 5.69 Å². The average Bonchev–Trinajstić information content (AvgIpc) is 2.75. The van der Waals surface area contributed by atoms with Gasteiger partial charge in [0.25, 0.3) is 0 Å². The van der Waals surface area contributed by atoms with Crippen molar-refractivity contribution >= 4 is 55.6 Å². The molecule has 1 saturated heterocycles. The van der Waals surface area contributed by atoms with Gasteiger partial charge >= 0.3 is 0 Å². The molecule has 0 aliphatic carbocycles. The second-order valence-corrected chi connectivity index (χ2v) is 9.47. The van der Waals surface area contributed by atoms with Gasteiger partial charge in [-0.25, -0.2) is 13.4 Å². The molecule has 112 valence electrons. The van der Waals surface area contributed by atoms with Gasteiger partial charge in [-0.3, -0.25) is 4.79 Å². The van der Waals surface area contributed by atoms with Crippen molar-refractivity contribution in [1.82, 2.24) is 10.3 Å². The van der Waals surface area contributed by atoms with Crippen molar-refractivity contribution in [2.45, 2.75) is 22.6 Å². The lowest BCUT2D eigenvalue weighted by atomic mass is 10.2. The van der Waals surface area contributed by atoms with E-state index in [1.807, 2.05) is 6.92 Å². The maximum absolute atomic E-state index is 11.8. The second kappa shape index (κ2) is 6.08. The summed E-state index contributed by atoms with van der Waals surface area (Å²) in [5.41, 5.74) is 6.37. The number of nitrogens with one attached hydrogen (secondary N) is 1. The number of carbonyl (C=O) groups excluding carboxylic acids is 1. The largest absolute Gasteiger partial charge is 0.375 e. The number of amides is 1. The fourth-order valence-corrected chi connectivity index (χ4v) is 6.24. The summed E-state index contributed by atoms with van der Waals surface area (Å²) in [6.07, 6.45) is 0. The third-order valence-corrected chi connectivity index (χ3v) is 7.46. The summed E-state index contributed by atoms with van der Waals surface area (Å²) in [6, 6.07) is -0.512. The molecule has 6 nitrogen and oxygen atoms in total. The lowest BCUT2D eigenvalue weighted by molar-refractivity contribution is -0.119. The number of hydrogen-bond donors (Lipinski definition) is 2. The molecule has 20 heavy (non-hydrogen) atoms. The van der Waals surface area contributed by atoms with Crippen LogP contribution in [0.1, 0.15) is 5.69 Å². The Morgan fingerprint density at radius 3 is 2.80 bits per heavy atom. The summed E-state index contributed by atoms with van der Waals surface area (Å²) in [5, 5.41) is 2.57. The number of thiazole rings is 1. The summed E-state index contributed by atoms with van der Waals surface area (Å²) in [6.45, 7) is 1.82. The lowest BCUT2D eigenvalue weighted by Gasteiger charge is -2.13. The number of rotatable bonds is 4. The molecule has 2 atom stereocenters. The van der Waals surface area contributed by atoms with Crippen molar-refractivity contribution < 1.29 is 13.2 Å². The topological polar surface area (TPSA) is 102 Å². The Balaban J connectivity index is 1.86. The Morgan fingerprint density at radius 1 is 1.60 bits per heavy atom. The Hall–Kier alpha value is -0.510. The van der Waals surface area contributed by atoms with Crippen LogP contribution < -0.4 is 11.1 Å². The molecule has 0 bridgehead atoms. The number of halogens is 1. The zero-order valence-electron chi connectivity index (χ0n) is 10.6. The number of sulfone groups is 1. The zero-order chi connectivity index (χ0) is 14.9. The summed E-state index contributed by atoms with van der Waals surface area (Å²) < 4.78 is 23.7. The number of thioether (sulfide) groups is 1. The van der Waals surface area contributed by atoms with E-state index in [0.717, 1.165) is 9.90 Å². The highest BCUT2D eigenvalue weighted by molar-refractivity contribution is 8.01. The van der Waals surface area contributed by atoms with Gasteiger partial charge in [0.1, 0.15) is 0 Å². The number of nitrogens with zero attached hydrogens (tertiary/aromatic N) is 1. The minimum atomic E-state index is -3.14. The summed E-state index contributed by atoms with van der Waals surface area (Å²) in [7, 11) is -3.14. The monoisotopic (exact) mass is 355 g/mol. The molecule has 1 aliphatic heterocycles. The fraction of sp³-hybridized carbons (Fsp3) is 0.600. The maximum atomic E-state index is 11.8. The Morgan fingerprint density at radius 2 is 2.30 bits per heavy atom. The van der Waals surface area contributed by atoms with Crippen LogP contribution in [0, 0.1) is 6.92 Å². The van der Waals surface area contributed by atoms with E-state index in [1.54, 1.807) is 0 Å². The van der Waals surface area contributed by atoms with Crippen molar-refractivity contribution in [3.8, 4) is 0 Å². The molecule has 1 fully saturated rings. The summed E-state index contributed by atoms with van der Waals surface area (Å²) in [5.74, 6) is -0.238. The van der Waals surface area contributed by atoms with Crippen LogP contribution in [-0.4, -0.2) is 48.0 Å². The van der Waals surface area contributed by atoms with Crippen molar-refractivity contribution in [3.63, 3.8) is 0 Å². The third-order valence-electron chi connectivity index (χ3n) is 2.73. The predicted octanol–water partition coefficient (Wildman–Crippen LogP) is 0.646. The molecule has 2 heterocycles. The number of aryl methyl sites for hydroxylation is 1. The van der Waals surface area contributed by atoms with Crippen molar-refractivity contribution in [2.75, 3.05) is 23.0 Å². The first-order valence-electron chi connectivity index (χ1n) is 5.76. The van der Waals surface area contributed by atoms with E-state index in [-0.39, 0.29) is 23.2 Å². The van der Waals surface area contributed by atoms with Crippen molar-refractivity contribution in [1.29, 1.82) is 0 Å². The Kier molecular flexibility index (Phi) is 4.83. The van der Waals surface area contributed by atoms with E-state index in [9.17, 15) is 13.2 Å². The van der Waals surface area contributed by atoms with Gasteiger partial charge in [-0.1, -0.05) is 11.3 Å². The maximum Gasteiger partial charge on any atom is 0.230 e. The van der Waals surface area contributed by atoms with E-state index in [2.05, 4.69) is 10.3 Å². The molecule has 2 unspecified atom stereocenters. The SMILES string of the molecule is Cc1nc(N)sc1SCC(=O)NC1CS(=O)(=O)CC1Cl. The number of carbonyl (C=O) groups is 1. The molecule has 0 spiro atoms. The second-order valence-electron chi connectivity index (χ2n) is 4.48. The van der Waals surface area contributed by atoms with Crippen LogP contribution in [0.2, 0.25) is 0 Å². The van der Waals surface area contributed by atoms with Gasteiger partial charge in [-0.2, -0.15) is 0 Å². The molecule has 1 amide bonds. The van der Waals surface area contributed by atoms with E-state index in [0.29, 0.717) is 5.13 Å².